The number of carbonyl (C=O) groups is 2. The van der Waals surface area contributed by atoms with Crippen molar-refractivity contribution in [3.05, 3.63) is 116 Å². The maximum Gasteiger partial charge on any atom is 0.348 e. The zero-order chi connectivity index (χ0) is 36.5. The van der Waals surface area contributed by atoms with E-state index in [-0.39, 0.29) is 46.0 Å². The second kappa shape index (κ2) is 14.0. The summed E-state index contributed by atoms with van der Waals surface area (Å²) in [4.78, 5) is 36.8. The quantitative estimate of drug-likeness (QED) is 0.104. The number of aliphatic hydroxyl groups excluding tert-OH is 1. The molecule has 4 aromatic rings. The topological polar surface area (TPSA) is 144 Å². The second-order valence-electron chi connectivity index (χ2n) is 13.2. The second-order valence-corrected chi connectivity index (χ2v) is 13.2. The number of aliphatic hydroxyl groups is 1. The highest BCUT2D eigenvalue weighted by molar-refractivity contribution is 6.52. The van der Waals surface area contributed by atoms with Gasteiger partial charge in [0.1, 0.15) is 45.3 Å². The minimum Gasteiger partial charge on any atom is -0.508 e. The lowest BCUT2D eigenvalue weighted by Crippen LogP contribution is -2.28. The number of rotatable bonds is 6. The number of hydrogen-bond donors (Lipinski definition) is 3. The van der Waals surface area contributed by atoms with Crippen LogP contribution in [0, 0.1) is 0 Å². The molecule has 1 aromatic heterocycles. The molecular formula is C41H40O9. The van der Waals surface area contributed by atoms with Crippen molar-refractivity contribution in [2.45, 2.75) is 60.0 Å². The predicted octanol–water partition coefficient (Wildman–Crippen LogP) is 8.65. The van der Waals surface area contributed by atoms with Gasteiger partial charge in [-0.1, -0.05) is 59.7 Å². The average Bonchev–Trinajstić information content (AvgIpc) is 3.06. The molecule has 0 unspecified atom stereocenters. The zero-order valence-electron chi connectivity index (χ0n) is 29.1. The van der Waals surface area contributed by atoms with Gasteiger partial charge in [0.15, 0.2) is 5.58 Å². The van der Waals surface area contributed by atoms with E-state index < -0.39 is 22.8 Å². The molecule has 3 aromatic carbocycles. The first-order valence-corrected chi connectivity index (χ1v) is 16.1. The van der Waals surface area contributed by atoms with Gasteiger partial charge >= 0.3 is 5.63 Å². The Morgan fingerprint density at radius 1 is 0.840 bits per heavy atom. The van der Waals surface area contributed by atoms with Crippen molar-refractivity contribution in [2.24, 2.45) is 0 Å². The number of methoxy groups -OCH3 is 1. The predicted molar refractivity (Wildman–Crippen MR) is 194 cm³/mol. The maximum atomic E-state index is 12.9. The van der Waals surface area contributed by atoms with E-state index in [1.165, 1.54) is 19.2 Å². The van der Waals surface area contributed by atoms with Gasteiger partial charge in [0, 0.05) is 22.3 Å². The summed E-state index contributed by atoms with van der Waals surface area (Å²) >= 11 is 0. The van der Waals surface area contributed by atoms with Crippen molar-refractivity contribution in [1.82, 2.24) is 0 Å². The highest BCUT2D eigenvalue weighted by atomic mass is 16.5. The van der Waals surface area contributed by atoms with Gasteiger partial charge < -0.3 is 29.2 Å². The summed E-state index contributed by atoms with van der Waals surface area (Å²) in [5, 5.41) is 31.3. The first-order chi connectivity index (χ1) is 23.6. The van der Waals surface area contributed by atoms with Crippen LogP contribution in [-0.4, -0.2) is 39.6 Å². The molecule has 0 amide bonds. The molecule has 2 heterocycles. The summed E-state index contributed by atoms with van der Waals surface area (Å²) in [7, 11) is 1.52. The minimum atomic E-state index is -0.694. The van der Waals surface area contributed by atoms with E-state index in [0.29, 0.717) is 40.0 Å². The highest BCUT2D eigenvalue weighted by Gasteiger charge is 2.33. The van der Waals surface area contributed by atoms with Crippen LogP contribution in [0.3, 0.4) is 0 Å². The smallest absolute Gasteiger partial charge is 0.348 e. The van der Waals surface area contributed by atoms with Gasteiger partial charge in [0.25, 0.3) is 0 Å². The molecule has 0 saturated carbocycles. The Morgan fingerprint density at radius 3 is 2.08 bits per heavy atom. The molecule has 1 aliphatic heterocycles. The monoisotopic (exact) mass is 676 g/mol. The number of carbonyl (C=O) groups excluding carboxylic acids is 2. The lowest BCUT2D eigenvalue weighted by Gasteiger charge is -2.31. The van der Waals surface area contributed by atoms with Crippen LogP contribution < -0.4 is 15.1 Å². The molecule has 9 nitrogen and oxygen atoms in total. The highest BCUT2D eigenvalue weighted by Crippen LogP contribution is 2.49. The molecule has 258 valence electrons. The van der Waals surface area contributed by atoms with Crippen molar-refractivity contribution < 1.29 is 38.8 Å². The van der Waals surface area contributed by atoms with Gasteiger partial charge in [-0.25, -0.2) is 4.79 Å². The fraction of sp³-hybridized carbons (Fsp3) is 0.244. The number of aromatic hydroxyl groups is 2. The van der Waals surface area contributed by atoms with E-state index in [4.69, 9.17) is 13.9 Å². The number of Topliss-reactive ketones (excluding diaryl/α,β-unsaturated/α-hetero) is 2. The van der Waals surface area contributed by atoms with E-state index in [9.17, 15) is 29.7 Å². The molecule has 9 heteroatoms. The minimum absolute atomic E-state index is 0.00458. The third-order valence-electron chi connectivity index (χ3n) is 8.36. The molecular weight excluding hydrogens is 636 g/mol. The van der Waals surface area contributed by atoms with Crippen LogP contribution in [0.15, 0.2) is 92.7 Å². The van der Waals surface area contributed by atoms with Gasteiger partial charge in [-0.05, 0) is 84.2 Å². The van der Waals surface area contributed by atoms with Crippen LogP contribution in [0.25, 0.3) is 33.9 Å². The number of fused-ring (bicyclic) bond motifs is 4. The Morgan fingerprint density at radius 2 is 1.46 bits per heavy atom. The van der Waals surface area contributed by atoms with Crippen molar-refractivity contribution in [2.75, 3.05) is 7.11 Å². The third kappa shape index (κ3) is 6.85. The van der Waals surface area contributed by atoms with E-state index in [1.54, 1.807) is 36.4 Å². The van der Waals surface area contributed by atoms with Gasteiger partial charge in [-0.3, -0.25) is 9.59 Å². The number of benzene rings is 3. The van der Waals surface area contributed by atoms with Crippen molar-refractivity contribution in [3.8, 4) is 34.1 Å². The van der Waals surface area contributed by atoms with Gasteiger partial charge in [0.2, 0.25) is 11.6 Å². The number of hydrogen-bond acceptors (Lipinski definition) is 9. The summed E-state index contributed by atoms with van der Waals surface area (Å²) < 4.78 is 17.8. The summed E-state index contributed by atoms with van der Waals surface area (Å²) in [6.07, 6.45) is 8.42. The maximum absolute atomic E-state index is 12.9. The third-order valence-corrected chi connectivity index (χ3v) is 8.36. The number of phenols is 1. The molecule has 0 bridgehead atoms. The zero-order valence-corrected chi connectivity index (χ0v) is 29.1. The molecule has 2 aliphatic rings. The average molecular weight is 677 g/mol. The molecule has 0 saturated heterocycles. The lowest BCUT2D eigenvalue weighted by molar-refractivity contribution is -0.112. The van der Waals surface area contributed by atoms with Crippen LogP contribution in [0.4, 0.5) is 0 Å². The molecule has 50 heavy (non-hydrogen) atoms. The SMILES string of the molecule is CC(C)=CCC1=C(O)c2ccccc2C(=O)C1=O.COc1c(CC=C(C)C)c2c(c3oc(=O)c(-c4ccc(O)cc4)c(O)c13)C=CC(C)(C)O2. The van der Waals surface area contributed by atoms with Crippen LogP contribution >= 0.6 is 0 Å². The summed E-state index contributed by atoms with van der Waals surface area (Å²) in [5.41, 5.74) is 3.79. The van der Waals surface area contributed by atoms with Crippen LogP contribution in [0.2, 0.25) is 0 Å². The standard InChI is InChI=1S/C26H26O6.C15H14O3/c1-14(2)6-11-17-22-18(12-13-26(3,4)32-22)24-20(23(17)30-5)21(28)19(25(29)31-24)15-7-9-16(27)10-8-15;1-9(2)7-8-12-13(16)10-5-3-4-6-11(10)14(17)15(12)18/h6-10,12-13,27-28H,11H2,1-5H3;3-7,16H,8H2,1-2H3. The molecule has 0 spiro atoms. The Kier molecular flexibility index (Phi) is 9.90. The van der Waals surface area contributed by atoms with Crippen LogP contribution in [0.1, 0.15) is 75.0 Å². The molecule has 6 rings (SSSR count). The van der Waals surface area contributed by atoms with Crippen molar-refractivity contribution in [1.29, 1.82) is 0 Å². The number of ketones is 2. The Hall–Kier alpha value is -5.83. The first-order valence-electron chi connectivity index (χ1n) is 16.1. The molecule has 0 fully saturated rings. The van der Waals surface area contributed by atoms with Crippen LogP contribution in [-0.2, 0) is 11.2 Å². The fourth-order valence-electron chi connectivity index (χ4n) is 5.81. The van der Waals surface area contributed by atoms with Gasteiger partial charge in [-0.2, -0.15) is 0 Å². The van der Waals surface area contributed by atoms with E-state index in [0.717, 1.165) is 16.7 Å². The molecule has 3 N–H and O–H groups in total. The Bertz CT molecular complexity index is 2200. The fourth-order valence-corrected chi connectivity index (χ4v) is 5.81. The van der Waals surface area contributed by atoms with Crippen LogP contribution in [0.5, 0.6) is 23.0 Å². The van der Waals surface area contributed by atoms with E-state index in [1.807, 2.05) is 59.8 Å². The molecule has 1 aliphatic carbocycles. The summed E-state index contributed by atoms with van der Waals surface area (Å²) in [5.74, 6) is -0.447. The van der Waals surface area contributed by atoms with Crippen molar-refractivity contribution in [3.63, 3.8) is 0 Å². The number of allylic oxidation sites excluding steroid dienone is 5. The van der Waals surface area contributed by atoms with Gasteiger partial charge in [-0.15, -0.1) is 0 Å². The Balaban J connectivity index is 0.000000228. The summed E-state index contributed by atoms with van der Waals surface area (Å²) in [6.45, 7) is 11.7. The number of ether oxygens (including phenoxy) is 2. The van der Waals surface area contributed by atoms with Gasteiger partial charge in [0.05, 0.1) is 12.7 Å². The Labute approximate surface area is 290 Å². The molecule has 0 radical (unpaired) electrons. The lowest BCUT2D eigenvalue weighted by atomic mass is 9.87. The molecule has 0 atom stereocenters. The summed E-state index contributed by atoms with van der Waals surface area (Å²) in [6, 6.07) is 12.6. The first kappa shape index (κ1) is 35.5. The van der Waals surface area contributed by atoms with E-state index >= 15 is 0 Å². The van der Waals surface area contributed by atoms with Crippen molar-refractivity contribution >= 4 is 34.4 Å². The number of phenolic OH excluding ortho intramolecular Hbond substituents is 1. The largest absolute Gasteiger partial charge is 0.508 e. The normalized spacial score (nSPS) is 14.2. The van der Waals surface area contributed by atoms with E-state index in [2.05, 4.69) is 6.08 Å².